The number of hydrogen-bond donors (Lipinski definition) is 0. The molecule has 1 aliphatic rings. The molecule has 2 atom stereocenters. The summed E-state index contributed by atoms with van der Waals surface area (Å²) in [6, 6.07) is 12.3. The van der Waals surface area contributed by atoms with Crippen molar-refractivity contribution in [2.75, 3.05) is 6.61 Å². The Balaban J connectivity index is 1.97. The normalized spacial score (nSPS) is 22.1. The summed E-state index contributed by atoms with van der Waals surface area (Å²) in [6.45, 7) is 14.4. The van der Waals surface area contributed by atoms with E-state index in [0.717, 1.165) is 12.2 Å². The summed E-state index contributed by atoms with van der Waals surface area (Å²) in [4.78, 5) is 2.14. The van der Waals surface area contributed by atoms with Crippen LogP contribution in [-0.2, 0) is 4.43 Å². The van der Waals surface area contributed by atoms with Gasteiger partial charge in [-0.15, -0.1) is 0 Å². The van der Waals surface area contributed by atoms with Crippen molar-refractivity contribution in [3.8, 4) is 5.75 Å². The molecule has 29 heavy (non-hydrogen) atoms. The largest absolute Gasteiger partial charge is 0.493 e. The quantitative estimate of drug-likeness (QED) is 0.312. The Bertz CT molecular complexity index is 658. The predicted molar refractivity (Wildman–Crippen MR) is 132 cm³/mol. The molecule has 0 bridgehead atoms. The molecule has 1 aromatic carbocycles. The van der Waals surface area contributed by atoms with Crippen LogP contribution in [0.4, 0.5) is 0 Å². The smallest absolute Gasteiger partial charge is 0.192 e. The Kier molecular flexibility index (Phi) is 9.49. The van der Waals surface area contributed by atoms with Gasteiger partial charge in [0, 0.05) is 6.42 Å². The molecule has 1 aliphatic carbocycles. The molecule has 0 aromatic heterocycles. The molecule has 0 spiro atoms. The minimum absolute atomic E-state index is 0.126. The first kappa shape index (κ1) is 24.7. The minimum atomic E-state index is -1.60. The zero-order valence-corrected chi connectivity index (χ0v) is 22.0. The summed E-state index contributed by atoms with van der Waals surface area (Å²) in [6.07, 6.45) is 4.66. The second-order valence-corrected chi connectivity index (χ2v) is 14.4. The van der Waals surface area contributed by atoms with E-state index in [-0.39, 0.29) is 5.60 Å². The van der Waals surface area contributed by atoms with Crippen LogP contribution in [0.2, 0.25) is 18.1 Å². The highest BCUT2D eigenvalue weighted by Crippen LogP contribution is 2.41. The Hall–Kier alpha value is -0.583. The molecule has 0 saturated heterocycles. The van der Waals surface area contributed by atoms with Gasteiger partial charge in [-0.2, -0.15) is 0 Å². The second-order valence-electron chi connectivity index (χ2n) is 9.25. The molecule has 0 unspecified atom stereocenters. The Morgan fingerprint density at radius 2 is 1.86 bits per heavy atom. The summed E-state index contributed by atoms with van der Waals surface area (Å²) in [7, 11) is -1.60. The highest BCUT2D eigenvalue weighted by molar-refractivity contribution is 9.11. The average Bonchev–Trinajstić information content (AvgIpc) is 2.72. The number of halogens is 1. The Morgan fingerprint density at radius 3 is 2.48 bits per heavy atom. The third-order valence-corrected chi connectivity index (χ3v) is 12.4. The molecule has 2 rings (SSSR count). The molecule has 164 valence electrons. The number of hydrogen-bond acceptors (Lipinski definition) is 2. The van der Waals surface area contributed by atoms with E-state index in [9.17, 15) is 0 Å². The monoisotopic (exact) mass is 480 g/mol. The summed E-state index contributed by atoms with van der Waals surface area (Å²) >= 11 is 3.56. The lowest BCUT2D eigenvalue weighted by Crippen LogP contribution is -2.44. The number of rotatable bonds is 10. The topological polar surface area (TPSA) is 18.5 Å². The van der Waals surface area contributed by atoms with Crippen LogP contribution in [-0.4, -0.2) is 20.5 Å². The van der Waals surface area contributed by atoms with Crippen LogP contribution in [0.25, 0.3) is 0 Å². The molecule has 0 aliphatic heterocycles. The first-order valence-electron chi connectivity index (χ1n) is 11.5. The zero-order valence-electron chi connectivity index (χ0n) is 19.4. The molecule has 1 aromatic rings. The fraction of sp³-hybridized carbons (Fsp3) is 0.680. The van der Waals surface area contributed by atoms with Crippen LogP contribution in [0.3, 0.4) is 0 Å². The first-order chi connectivity index (χ1) is 13.8. The maximum absolute atomic E-state index is 6.72. The van der Waals surface area contributed by atoms with E-state index in [1.165, 1.54) is 48.5 Å². The molecule has 0 N–H and O–H groups in total. The minimum Gasteiger partial charge on any atom is -0.493 e. The SMILES string of the molecule is CC[Si](CC)(CC)OC(C)(C)CCOc1cccc([C@H]2CCC/C(=C\Br)[C@@H]2C)c1. The van der Waals surface area contributed by atoms with E-state index in [0.29, 0.717) is 18.4 Å². The van der Waals surface area contributed by atoms with Crippen LogP contribution >= 0.6 is 15.9 Å². The van der Waals surface area contributed by atoms with Gasteiger partial charge in [-0.3, -0.25) is 0 Å². The molecule has 1 saturated carbocycles. The Labute approximate surface area is 188 Å². The van der Waals surface area contributed by atoms with Gasteiger partial charge >= 0.3 is 0 Å². The van der Waals surface area contributed by atoms with Crippen LogP contribution in [0.15, 0.2) is 34.8 Å². The molecule has 0 heterocycles. The fourth-order valence-electron chi connectivity index (χ4n) is 4.72. The molecule has 4 heteroatoms. The molecule has 1 fully saturated rings. The predicted octanol–water partition coefficient (Wildman–Crippen LogP) is 8.44. The first-order valence-corrected chi connectivity index (χ1v) is 15.0. The molecular formula is C25H41BrO2Si. The summed E-state index contributed by atoms with van der Waals surface area (Å²) in [5, 5.41) is 0. The second kappa shape index (κ2) is 11.2. The lowest BCUT2D eigenvalue weighted by molar-refractivity contribution is 0.0690. The van der Waals surface area contributed by atoms with Gasteiger partial charge in [0.15, 0.2) is 8.32 Å². The molecule has 2 nitrogen and oxygen atoms in total. The summed E-state index contributed by atoms with van der Waals surface area (Å²) < 4.78 is 12.9. The van der Waals surface area contributed by atoms with E-state index in [4.69, 9.17) is 9.16 Å². The van der Waals surface area contributed by atoms with E-state index in [2.05, 4.69) is 86.7 Å². The van der Waals surface area contributed by atoms with Gasteiger partial charge in [0.05, 0.1) is 12.2 Å². The third-order valence-electron chi connectivity index (χ3n) is 6.99. The van der Waals surface area contributed by atoms with E-state index in [1.807, 2.05) is 0 Å². The van der Waals surface area contributed by atoms with Crippen LogP contribution in [0.1, 0.15) is 78.7 Å². The van der Waals surface area contributed by atoms with Gasteiger partial charge in [-0.05, 0) is 85.8 Å². The highest BCUT2D eigenvalue weighted by Gasteiger charge is 2.35. The van der Waals surface area contributed by atoms with Crippen molar-refractivity contribution in [1.82, 2.24) is 0 Å². The summed E-state index contributed by atoms with van der Waals surface area (Å²) in [5.41, 5.74) is 2.81. The van der Waals surface area contributed by atoms with Crippen molar-refractivity contribution in [1.29, 1.82) is 0 Å². The van der Waals surface area contributed by atoms with E-state index < -0.39 is 8.32 Å². The molecule has 0 radical (unpaired) electrons. The zero-order chi connectivity index (χ0) is 21.5. The van der Waals surface area contributed by atoms with Crippen LogP contribution in [0.5, 0.6) is 5.75 Å². The fourth-order valence-corrected chi connectivity index (χ4v) is 8.58. The number of allylic oxidation sites excluding steroid dienone is 1. The van der Waals surface area contributed by atoms with Crippen LogP contribution < -0.4 is 4.74 Å². The van der Waals surface area contributed by atoms with E-state index in [1.54, 1.807) is 0 Å². The lowest BCUT2D eigenvalue weighted by atomic mass is 9.74. The van der Waals surface area contributed by atoms with Gasteiger partial charge in [0.25, 0.3) is 0 Å². The van der Waals surface area contributed by atoms with Crippen molar-refractivity contribution in [3.63, 3.8) is 0 Å². The Morgan fingerprint density at radius 1 is 1.17 bits per heavy atom. The van der Waals surface area contributed by atoms with E-state index >= 15 is 0 Å². The third kappa shape index (κ3) is 6.70. The average molecular weight is 482 g/mol. The van der Waals surface area contributed by atoms with Gasteiger partial charge in [-0.1, -0.05) is 61.3 Å². The molecule has 0 amide bonds. The van der Waals surface area contributed by atoms with Crippen molar-refractivity contribution >= 4 is 24.2 Å². The number of benzene rings is 1. The van der Waals surface area contributed by atoms with Gasteiger partial charge in [-0.25, -0.2) is 0 Å². The van der Waals surface area contributed by atoms with Crippen LogP contribution in [0, 0.1) is 5.92 Å². The summed E-state index contributed by atoms with van der Waals surface area (Å²) in [5.74, 6) is 2.16. The van der Waals surface area contributed by atoms with Gasteiger partial charge < -0.3 is 9.16 Å². The van der Waals surface area contributed by atoms with Gasteiger partial charge in [0.1, 0.15) is 5.75 Å². The molecular weight excluding hydrogens is 440 g/mol. The van der Waals surface area contributed by atoms with Crippen molar-refractivity contribution in [3.05, 3.63) is 40.4 Å². The van der Waals surface area contributed by atoms with Crippen molar-refractivity contribution in [2.45, 2.75) is 96.9 Å². The number of ether oxygens (including phenoxy) is 1. The van der Waals surface area contributed by atoms with Crippen molar-refractivity contribution < 1.29 is 9.16 Å². The highest BCUT2D eigenvalue weighted by atomic mass is 79.9. The van der Waals surface area contributed by atoms with Gasteiger partial charge in [0.2, 0.25) is 0 Å². The maximum Gasteiger partial charge on any atom is 0.192 e. The standard InChI is InChI=1S/C25H41BrO2Si/c1-7-29(8-2,9-3)28-25(5,6)16-17-27-23-14-10-12-21(18-23)24-15-11-13-22(19-26)20(24)4/h10,12,14,18-20,24H,7-9,11,13,15-17H2,1-6H3/b22-19+/t20-,24-/m0/s1. The lowest BCUT2D eigenvalue weighted by Gasteiger charge is -2.38. The maximum atomic E-state index is 6.72. The van der Waals surface area contributed by atoms with Crippen molar-refractivity contribution in [2.24, 2.45) is 5.92 Å².